The van der Waals surface area contributed by atoms with E-state index >= 15 is 0 Å². The van der Waals surface area contributed by atoms with Crippen molar-refractivity contribution in [1.82, 2.24) is 10.2 Å². The molecule has 0 saturated carbocycles. The number of anilines is 1. The number of carbonyl (C=O) groups is 1. The summed E-state index contributed by atoms with van der Waals surface area (Å²) in [6.45, 7) is 2.81. The van der Waals surface area contributed by atoms with E-state index in [-0.39, 0.29) is 5.91 Å². The standard InChI is InChI=1S/C24H26ClN3O3S/c1-3-4-5-14-31-20-12-8-17(15-21(20)30-2)9-13-22(29)26-24-28-27-23(32-24)16-18-6-10-19(25)11-7-18/h6-13,15H,3-5,14,16H2,1-2H3,(H,26,28,29)/b13-9+. The average molecular weight is 472 g/mol. The monoisotopic (exact) mass is 471 g/mol. The smallest absolute Gasteiger partial charge is 0.250 e. The molecule has 0 fully saturated rings. The lowest BCUT2D eigenvalue weighted by atomic mass is 10.2. The lowest BCUT2D eigenvalue weighted by molar-refractivity contribution is -0.111. The van der Waals surface area contributed by atoms with Crippen molar-refractivity contribution in [2.24, 2.45) is 0 Å². The van der Waals surface area contributed by atoms with Crippen LogP contribution in [-0.4, -0.2) is 29.8 Å². The minimum Gasteiger partial charge on any atom is -0.493 e. The van der Waals surface area contributed by atoms with Crippen molar-refractivity contribution in [3.05, 3.63) is 69.7 Å². The lowest BCUT2D eigenvalue weighted by Gasteiger charge is -2.11. The van der Waals surface area contributed by atoms with Crippen LogP contribution in [0.15, 0.2) is 48.5 Å². The molecule has 3 rings (SSSR count). The van der Waals surface area contributed by atoms with E-state index in [1.807, 2.05) is 42.5 Å². The number of nitrogens with zero attached hydrogens (tertiary/aromatic N) is 2. The van der Waals surface area contributed by atoms with Crippen LogP contribution in [-0.2, 0) is 11.2 Å². The fourth-order valence-corrected chi connectivity index (χ4v) is 3.82. The molecule has 1 heterocycles. The Hall–Kier alpha value is -2.90. The number of amides is 1. The van der Waals surface area contributed by atoms with Crippen LogP contribution in [0.3, 0.4) is 0 Å². The van der Waals surface area contributed by atoms with Crippen LogP contribution < -0.4 is 14.8 Å². The maximum atomic E-state index is 12.3. The summed E-state index contributed by atoms with van der Waals surface area (Å²) < 4.78 is 11.2. The molecule has 168 valence electrons. The Morgan fingerprint density at radius 2 is 1.94 bits per heavy atom. The van der Waals surface area contributed by atoms with E-state index in [4.69, 9.17) is 21.1 Å². The van der Waals surface area contributed by atoms with Gasteiger partial charge in [-0.2, -0.15) is 0 Å². The lowest BCUT2D eigenvalue weighted by Crippen LogP contribution is -2.07. The third-order valence-electron chi connectivity index (χ3n) is 4.59. The number of unbranched alkanes of at least 4 members (excludes halogenated alkanes) is 2. The first-order valence-electron chi connectivity index (χ1n) is 10.4. The molecule has 1 aromatic heterocycles. The zero-order valence-corrected chi connectivity index (χ0v) is 19.7. The van der Waals surface area contributed by atoms with E-state index in [0.717, 1.165) is 35.4 Å². The number of hydrogen-bond donors (Lipinski definition) is 1. The maximum Gasteiger partial charge on any atom is 0.250 e. The van der Waals surface area contributed by atoms with Gasteiger partial charge in [-0.05, 0) is 47.9 Å². The third-order valence-corrected chi connectivity index (χ3v) is 5.68. The van der Waals surface area contributed by atoms with Crippen molar-refractivity contribution >= 4 is 40.1 Å². The van der Waals surface area contributed by atoms with Gasteiger partial charge in [0.1, 0.15) is 5.01 Å². The highest BCUT2D eigenvalue weighted by Gasteiger charge is 2.08. The molecule has 0 aliphatic heterocycles. The molecule has 0 radical (unpaired) electrons. The number of ether oxygens (including phenoxy) is 2. The Morgan fingerprint density at radius 1 is 1.12 bits per heavy atom. The van der Waals surface area contributed by atoms with Gasteiger partial charge in [-0.3, -0.25) is 10.1 Å². The van der Waals surface area contributed by atoms with Gasteiger partial charge in [0.05, 0.1) is 13.7 Å². The normalized spacial score (nSPS) is 11.0. The zero-order valence-electron chi connectivity index (χ0n) is 18.1. The van der Waals surface area contributed by atoms with Crippen LogP contribution in [0.1, 0.15) is 42.3 Å². The minimum absolute atomic E-state index is 0.280. The summed E-state index contributed by atoms with van der Waals surface area (Å²) in [5.41, 5.74) is 1.91. The first-order chi connectivity index (χ1) is 15.6. The number of rotatable bonds is 11. The quantitative estimate of drug-likeness (QED) is 0.274. The van der Waals surface area contributed by atoms with Crippen LogP contribution in [0.5, 0.6) is 11.5 Å². The number of carbonyl (C=O) groups excluding carboxylic acids is 1. The molecule has 8 heteroatoms. The molecule has 0 aliphatic carbocycles. The van der Waals surface area contributed by atoms with Gasteiger partial charge in [0.2, 0.25) is 11.0 Å². The van der Waals surface area contributed by atoms with Crippen molar-refractivity contribution in [2.75, 3.05) is 19.0 Å². The summed E-state index contributed by atoms with van der Waals surface area (Å²) in [5, 5.41) is 12.9. The molecule has 0 spiro atoms. The van der Waals surface area contributed by atoms with Crippen molar-refractivity contribution < 1.29 is 14.3 Å². The Bertz CT molecular complexity index is 1050. The predicted molar refractivity (Wildman–Crippen MR) is 130 cm³/mol. The summed E-state index contributed by atoms with van der Waals surface area (Å²) in [4.78, 5) is 12.3. The highest BCUT2D eigenvalue weighted by Crippen LogP contribution is 2.29. The Morgan fingerprint density at radius 3 is 2.69 bits per heavy atom. The van der Waals surface area contributed by atoms with E-state index < -0.39 is 0 Å². The van der Waals surface area contributed by atoms with E-state index in [1.54, 1.807) is 13.2 Å². The molecular formula is C24H26ClN3O3S. The number of hydrogen-bond acceptors (Lipinski definition) is 6. The number of nitrogens with one attached hydrogen (secondary N) is 1. The van der Waals surface area contributed by atoms with Gasteiger partial charge in [0, 0.05) is 17.5 Å². The maximum absolute atomic E-state index is 12.3. The molecule has 0 bridgehead atoms. The Balaban J connectivity index is 1.54. The van der Waals surface area contributed by atoms with Crippen LogP contribution in [0.2, 0.25) is 5.02 Å². The molecule has 1 amide bonds. The van der Waals surface area contributed by atoms with Gasteiger partial charge in [-0.25, -0.2) is 0 Å². The fraction of sp³-hybridized carbons (Fsp3) is 0.292. The molecule has 6 nitrogen and oxygen atoms in total. The van der Waals surface area contributed by atoms with Crippen molar-refractivity contribution in [1.29, 1.82) is 0 Å². The van der Waals surface area contributed by atoms with Crippen LogP contribution in [0, 0.1) is 0 Å². The molecule has 0 aliphatic rings. The fourth-order valence-electron chi connectivity index (χ4n) is 2.91. The molecular weight excluding hydrogens is 446 g/mol. The van der Waals surface area contributed by atoms with Crippen molar-refractivity contribution in [3.8, 4) is 11.5 Å². The number of halogens is 1. The first kappa shape index (κ1) is 23.8. The van der Waals surface area contributed by atoms with E-state index in [0.29, 0.717) is 34.7 Å². The zero-order chi connectivity index (χ0) is 22.8. The molecule has 3 aromatic rings. The third kappa shape index (κ3) is 7.35. The Labute approximate surface area is 197 Å². The van der Waals surface area contributed by atoms with Crippen LogP contribution in [0.25, 0.3) is 6.08 Å². The summed E-state index contributed by atoms with van der Waals surface area (Å²) in [6, 6.07) is 13.2. The SMILES string of the molecule is CCCCCOc1ccc(/C=C/C(=O)Nc2nnc(Cc3ccc(Cl)cc3)s2)cc1OC. The molecule has 32 heavy (non-hydrogen) atoms. The van der Waals surface area contributed by atoms with Gasteiger partial charge in [-0.1, -0.05) is 60.9 Å². The van der Waals surface area contributed by atoms with Gasteiger partial charge in [0.15, 0.2) is 11.5 Å². The first-order valence-corrected chi connectivity index (χ1v) is 11.6. The van der Waals surface area contributed by atoms with E-state index in [1.165, 1.54) is 17.4 Å². The second kappa shape index (κ2) is 12.2. The Kier molecular flexibility index (Phi) is 9.07. The van der Waals surface area contributed by atoms with Gasteiger partial charge in [-0.15, -0.1) is 10.2 Å². The summed E-state index contributed by atoms with van der Waals surface area (Å²) in [6.07, 6.45) is 7.09. The molecule has 0 saturated heterocycles. The van der Waals surface area contributed by atoms with Gasteiger partial charge < -0.3 is 9.47 Å². The molecule has 0 unspecified atom stereocenters. The topological polar surface area (TPSA) is 73.3 Å². The van der Waals surface area contributed by atoms with Crippen molar-refractivity contribution in [3.63, 3.8) is 0 Å². The number of aromatic nitrogens is 2. The van der Waals surface area contributed by atoms with E-state index in [2.05, 4.69) is 22.4 Å². The molecule has 2 aromatic carbocycles. The summed E-state index contributed by atoms with van der Waals surface area (Å²) in [7, 11) is 1.60. The van der Waals surface area contributed by atoms with Gasteiger partial charge in [0.25, 0.3) is 0 Å². The van der Waals surface area contributed by atoms with Crippen molar-refractivity contribution in [2.45, 2.75) is 32.6 Å². The predicted octanol–water partition coefficient (Wildman–Crippen LogP) is 6.01. The summed E-state index contributed by atoms with van der Waals surface area (Å²) in [5.74, 6) is 1.06. The highest BCUT2D eigenvalue weighted by atomic mass is 35.5. The minimum atomic E-state index is -0.280. The second-order valence-corrected chi connectivity index (χ2v) is 8.59. The largest absolute Gasteiger partial charge is 0.493 e. The van der Waals surface area contributed by atoms with Crippen LogP contribution in [0.4, 0.5) is 5.13 Å². The molecule has 1 N–H and O–H groups in total. The second-order valence-electron chi connectivity index (χ2n) is 7.09. The molecule has 0 atom stereocenters. The van der Waals surface area contributed by atoms with Crippen LogP contribution >= 0.6 is 22.9 Å². The van der Waals surface area contributed by atoms with E-state index in [9.17, 15) is 4.79 Å². The van der Waals surface area contributed by atoms with Gasteiger partial charge >= 0.3 is 0 Å². The number of methoxy groups -OCH3 is 1. The highest BCUT2D eigenvalue weighted by molar-refractivity contribution is 7.15. The summed E-state index contributed by atoms with van der Waals surface area (Å²) >= 11 is 7.26. The number of benzene rings is 2. The average Bonchev–Trinajstić information content (AvgIpc) is 3.23.